The zero-order chi connectivity index (χ0) is 14.0. The van der Waals surface area contributed by atoms with E-state index in [1.54, 1.807) is 4.90 Å². The van der Waals surface area contributed by atoms with Gasteiger partial charge in [-0.2, -0.15) is 16.7 Å². The number of hydrogen-bond acceptors (Lipinski definition) is 6. The maximum atomic E-state index is 12.1. The summed E-state index contributed by atoms with van der Waals surface area (Å²) in [5, 5.41) is 14.2. The Hall–Kier alpha value is -1.08. The number of aromatic nitrogens is 2. The van der Waals surface area contributed by atoms with E-state index in [0.29, 0.717) is 25.2 Å². The molecule has 0 aromatic carbocycles. The van der Waals surface area contributed by atoms with Gasteiger partial charge in [0.1, 0.15) is 0 Å². The number of carbonyl (C=O) groups is 1. The van der Waals surface area contributed by atoms with Crippen LogP contribution in [0.15, 0.2) is 4.52 Å². The quantitative estimate of drug-likeness (QED) is 0.881. The van der Waals surface area contributed by atoms with E-state index in [4.69, 9.17) is 4.52 Å². The van der Waals surface area contributed by atoms with Crippen molar-refractivity contribution in [2.45, 2.75) is 37.5 Å². The van der Waals surface area contributed by atoms with E-state index < -0.39 is 5.60 Å². The van der Waals surface area contributed by atoms with E-state index in [1.807, 2.05) is 20.1 Å². The van der Waals surface area contributed by atoms with Crippen molar-refractivity contribution in [3.8, 4) is 0 Å². The van der Waals surface area contributed by atoms with Gasteiger partial charge in [0.05, 0.1) is 11.8 Å². The number of rotatable bonds is 4. The molecule has 6 nitrogen and oxygen atoms in total. The van der Waals surface area contributed by atoms with E-state index >= 15 is 0 Å². The van der Waals surface area contributed by atoms with Crippen molar-refractivity contribution >= 4 is 17.7 Å². The first-order valence-electron chi connectivity index (χ1n) is 6.37. The maximum Gasteiger partial charge on any atom is 0.260 e. The lowest BCUT2D eigenvalue weighted by atomic mass is 10.0. The molecule has 0 spiro atoms. The summed E-state index contributed by atoms with van der Waals surface area (Å²) in [5.41, 5.74) is -1.20. The highest BCUT2D eigenvalue weighted by molar-refractivity contribution is 7.99. The molecule has 0 aliphatic carbocycles. The molecule has 0 bridgehead atoms. The van der Waals surface area contributed by atoms with Crippen molar-refractivity contribution in [1.82, 2.24) is 15.0 Å². The third-order valence-corrected chi connectivity index (χ3v) is 4.35. The molecule has 1 aromatic rings. The van der Waals surface area contributed by atoms with E-state index in [2.05, 4.69) is 10.1 Å². The fourth-order valence-corrected chi connectivity index (χ4v) is 2.45. The predicted octanol–water partition coefficient (Wildman–Crippen LogP) is 0.803. The number of likely N-dealkylation sites (tertiary alicyclic amines) is 1. The van der Waals surface area contributed by atoms with Gasteiger partial charge in [0.15, 0.2) is 11.4 Å². The second-order valence-corrected chi connectivity index (χ2v) is 5.97. The Kier molecular flexibility index (Phi) is 4.15. The second-order valence-electron chi connectivity index (χ2n) is 4.79. The van der Waals surface area contributed by atoms with Gasteiger partial charge in [-0.05, 0) is 13.2 Å². The number of hydrogen-bond donors (Lipinski definition) is 1. The maximum absolute atomic E-state index is 12.1. The first-order chi connectivity index (χ1) is 9.00. The SMILES string of the molecule is CCc1noc([C@@]2(O)CCN(C(=O)[C@@H](C)SC)C2)n1. The molecule has 1 amide bonds. The summed E-state index contributed by atoms with van der Waals surface area (Å²) in [6, 6.07) is 0. The highest BCUT2D eigenvalue weighted by atomic mass is 32.2. The Morgan fingerprint density at radius 3 is 3.00 bits per heavy atom. The van der Waals surface area contributed by atoms with Crippen molar-refractivity contribution < 1.29 is 14.4 Å². The van der Waals surface area contributed by atoms with E-state index in [0.717, 1.165) is 0 Å². The Bertz CT molecular complexity index is 465. The van der Waals surface area contributed by atoms with Crippen molar-refractivity contribution in [2.75, 3.05) is 19.3 Å². The molecule has 1 fully saturated rings. The summed E-state index contributed by atoms with van der Waals surface area (Å²) in [5.74, 6) is 0.834. The van der Waals surface area contributed by atoms with Crippen LogP contribution >= 0.6 is 11.8 Å². The first-order valence-corrected chi connectivity index (χ1v) is 7.66. The molecule has 0 unspecified atom stereocenters. The van der Waals surface area contributed by atoms with Crippen LogP contribution in [0.25, 0.3) is 0 Å². The van der Waals surface area contributed by atoms with Crippen LogP contribution in [0.2, 0.25) is 0 Å². The molecular formula is C12H19N3O3S. The van der Waals surface area contributed by atoms with Crippen molar-refractivity contribution in [3.63, 3.8) is 0 Å². The Balaban J connectivity index is 2.09. The standard InChI is InChI=1S/C12H19N3O3S/c1-4-9-13-11(18-14-9)12(17)5-6-15(7-12)10(16)8(2)19-3/h8,17H,4-7H2,1-3H3/t8-,12-/m1/s1. The van der Waals surface area contributed by atoms with Crippen LogP contribution in [0.3, 0.4) is 0 Å². The fourth-order valence-electron chi connectivity index (χ4n) is 2.10. The van der Waals surface area contributed by atoms with Gasteiger partial charge >= 0.3 is 0 Å². The average molecular weight is 285 g/mol. The molecule has 1 aliphatic rings. The molecule has 2 heterocycles. The van der Waals surface area contributed by atoms with Crippen LogP contribution in [0, 0.1) is 0 Å². The number of thioether (sulfide) groups is 1. The highest BCUT2D eigenvalue weighted by Crippen LogP contribution is 2.31. The largest absolute Gasteiger partial charge is 0.378 e. The lowest BCUT2D eigenvalue weighted by Crippen LogP contribution is -2.38. The van der Waals surface area contributed by atoms with Crippen molar-refractivity contribution in [3.05, 3.63) is 11.7 Å². The highest BCUT2D eigenvalue weighted by Gasteiger charge is 2.44. The average Bonchev–Trinajstić information content (AvgIpc) is 3.04. The zero-order valence-electron chi connectivity index (χ0n) is 11.4. The Morgan fingerprint density at radius 1 is 1.68 bits per heavy atom. The van der Waals surface area contributed by atoms with Gasteiger partial charge < -0.3 is 14.5 Å². The van der Waals surface area contributed by atoms with Gasteiger partial charge in [-0.15, -0.1) is 0 Å². The molecule has 1 saturated heterocycles. The second kappa shape index (κ2) is 5.50. The normalized spacial score (nSPS) is 24.7. The Labute approximate surface area is 116 Å². The Morgan fingerprint density at radius 2 is 2.42 bits per heavy atom. The lowest BCUT2D eigenvalue weighted by molar-refractivity contribution is -0.130. The molecule has 2 rings (SSSR count). The van der Waals surface area contributed by atoms with Crippen LogP contribution < -0.4 is 0 Å². The van der Waals surface area contributed by atoms with Gasteiger partial charge in [-0.3, -0.25) is 4.79 Å². The van der Waals surface area contributed by atoms with E-state index in [-0.39, 0.29) is 23.6 Å². The van der Waals surface area contributed by atoms with Crippen molar-refractivity contribution in [2.24, 2.45) is 0 Å². The minimum atomic E-state index is -1.20. The summed E-state index contributed by atoms with van der Waals surface area (Å²) in [7, 11) is 0. The van der Waals surface area contributed by atoms with E-state index in [1.165, 1.54) is 11.8 Å². The van der Waals surface area contributed by atoms with Crippen LogP contribution in [0.5, 0.6) is 0 Å². The minimum Gasteiger partial charge on any atom is -0.378 e. The summed E-state index contributed by atoms with van der Waals surface area (Å²) in [6.07, 6.45) is 2.99. The molecule has 7 heteroatoms. The van der Waals surface area contributed by atoms with Crippen molar-refractivity contribution in [1.29, 1.82) is 0 Å². The van der Waals surface area contributed by atoms with Gasteiger partial charge in [-0.25, -0.2) is 0 Å². The van der Waals surface area contributed by atoms with Gasteiger partial charge in [0, 0.05) is 19.4 Å². The monoisotopic (exact) mass is 285 g/mol. The zero-order valence-corrected chi connectivity index (χ0v) is 12.2. The number of aryl methyl sites for hydroxylation is 1. The number of nitrogens with zero attached hydrogens (tertiary/aromatic N) is 3. The van der Waals surface area contributed by atoms with Crippen LogP contribution in [0.4, 0.5) is 0 Å². The number of carbonyl (C=O) groups excluding carboxylic acids is 1. The molecule has 1 N–H and O–H groups in total. The number of β-amino-alcohol motifs (C(OH)–C–C–N with tert-alkyl or cyclic N) is 1. The molecular weight excluding hydrogens is 266 g/mol. The van der Waals surface area contributed by atoms with Gasteiger partial charge in [-0.1, -0.05) is 12.1 Å². The topological polar surface area (TPSA) is 79.5 Å². The van der Waals surface area contributed by atoms with Crippen LogP contribution in [-0.4, -0.2) is 50.6 Å². The fraction of sp³-hybridized carbons (Fsp3) is 0.750. The molecule has 2 atom stereocenters. The predicted molar refractivity (Wildman–Crippen MR) is 71.7 cm³/mol. The van der Waals surface area contributed by atoms with Crippen LogP contribution in [0.1, 0.15) is 32.0 Å². The van der Waals surface area contributed by atoms with Gasteiger partial charge in [0.25, 0.3) is 5.89 Å². The molecule has 0 saturated carbocycles. The van der Waals surface area contributed by atoms with Crippen LogP contribution in [-0.2, 0) is 16.8 Å². The smallest absolute Gasteiger partial charge is 0.260 e. The molecule has 1 aliphatic heterocycles. The summed E-state index contributed by atoms with van der Waals surface area (Å²) >= 11 is 1.50. The third-order valence-electron chi connectivity index (χ3n) is 3.44. The molecule has 106 valence electrons. The van der Waals surface area contributed by atoms with Gasteiger partial charge in [0.2, 0.25) is 5.91 Å². The first kappa shape index (κ1) is 14.3. The molecule has 19 heavy (non-hydrogen) atoms. The third kappa shape index (κ3) is 2.76. The summed E-state index contributed by atoms with van der Waals surface area (Å²) in [4.78, 5) is 17.9. The number of amides is 1. The molecule has 1 aromatic heterocycles. The minimum absolute atomic E-state index is 0.0404. The van der Waals surface area contributed by atoms with E-state index in [9.17, 15) is 9.90 Å². The summed E-state index contributed by atoms with van der Waals surface area (Å²) in [6.45, 7) is 4.53. The summed E-state index contributed by atoms with van der Waals surface area (Å²) < 4.78 is 5.10. The molecule has 0 radical (unpaired) electrons. The number of aliphatic hydroxyl groups is 1. The lowest BCUT2D eigenvalue weighted by Gasteiger charge is -2.21.